The van der Waals surface area contributed by atoms with Crippen LogP contribution in [0.3, 0.4) is 0 Å². The molecule has 0 fully saturated rings. The van der Waals surface area contributed by atoms with Gasteiger partial charge in [0.1, 0.15) is 11.5 Å². The van der Waals surface area contributed by atoms with E-state index in [1.54, 1.807) is 14.2 Å². The predicted molar refractivity (Wildman–Crippen MR) is 146 cm³/mol. The summed E-state index contributed by atoms with van der Waals surface area (Å²) in [5.74, 6) is 4.45. The Morgan fingerprint density at radius 3 is 1.91 bits per heavy atom. The molecule has 0 spiro atoms. The summed E-state index contributed by atoms with van der Waals surface area (Å²) in [6.07, 6.45) is 5.47. The monoisotopic (exact) mass is 681 g/mol. The number of hydrogen-bond acceptors (Lipinski definition) is 2. The Labute approximate surface area is 223 Å². The molecule has 0 saturated heterocycles. The Morgan fingerprint density at radius 1 is 0.657 bits per heavy atom. The Morgan fingerprint density at radius 2 is 1.23 bits per heavy atom. The molecule has 180 valence electrons. The maximum absolute atomic E-state index is 5.47. The van der Waals surface area contributed by atoms with E-state index in [-0.39, 0.29) is 0 Å². The molecule has 0 aliphatic heterocycles. The van der Waals surface area contributed by atoms with Crippen molar-refractivity contribution in [3.63, 3.8) is 0 Å². The molecule has 0 bridgehead atoms. The molecule has 5 heteroatoms. The average molecular weight is 683 g/mol. The van der Waals surface area contributed by atoms with Crippen LogP contribution in [0.25, 0.3) is 32.7 Å². The predicted octanol–water partition coefficient (Wildman–Crippen LogP) is 8.72. The number of benzene rings is 5. The van der Waals surface area contributed by atoms with Gasteiger partial charge in [-0.1, -0.05) is 78.7 Å². The zero-order valence-corrected chi connectivity index (χ0v) is 23.1. The number of fused-ring (bicyclic) bond motifs is 3. The second-order valence-electron chi connectivity index (χ2n) is 7.34. The van der Waals surface area contributed by atoms with E-state index < -0.39 is 16.5 Å². The average Bonchev–Trinajstić information content (AvgIpc) is 2.93. The molecule has 5 aromatic carbocycles. The number of halogens is 2. The molecule has 0 aliphatic carbocycles. The normalized spacial score (nSPS) is 9.91. The van der Waals surface area contributed by atoms with Gasteiger partial charge in [0, 0.05) is 5.56 Å². The van der Waals surface area contributed by atoms with E-state index in [9.17, 15) is 0 Å². The maximum atomic E-state index is 5.47. The number of rotatable bonds is 3. The van der Waals surface area contributed by atoms with Gasteiger partial charge in [-0.15, -0.1) is 6.42 Å². The third kappa shape index (κ3) is 7.03. The van der Waals surface area contributed by atoms with Crippen molar-refractivity contribution in [1.29, 1.82) is 0 Å². The first-order chi connectivity index (χ1) is 17.1. The van der Waals surface area contributed by atoms with Gasteiger partial charge in [0.25, 0.3) is 0 Å². The molecule has 5 rings (SSSR count). The van der Waals surface area contributed by atoms with E-state index in [1.165, 1.54) is 21.5 Å². The minimum atomic E-state index is -0.472. The van der Waals surface area contributed by atoms with Crippen molar-refractivity contribution < 1.29 is 26.0 Å². The Balaban J connectivity index is 0.000000176. The molecule has 35 heavy (non-hydrogen) atoms. The van der Waals surface area contributed by atoms with Crippen molar-refractivity contribution in [3.05, 3.63) is 109 Å². The first-order valence-electron chi connectivity index (χ1n) is 10.6. The van der Waals surface area contributed by atoms with Crippen LogP contribution in [0.1, 0.15) is 5.56 Å². The molecule has 2 nitrogen and oxygen atoms in total. The summed E-state index contributed by atoms with van der Waals surface area (Å²) in [6.45, 7) is 0. The molecule has 0 aromatic heterocycles. The van der Waals surface area contributed by atoms with Crippen molar-refractivity contribution in [1.82, 2.24) is 0 Å². The molecular formula is C30H24Cl2O2Pt. The molecule has 0 unspecified atom stereocenters. The Bertz CT molecular complexity index is 1430. The van der Waals surface area contributed by atoms with Gasteiger partial charge in [-0.25, -0.2) is 0 Å². The van der Waals surface area contributed by atoms with Gasteiger partial charge >= 0.3 is 35.3 Å². The van der Waals surface area contributed by atoms with Crippen molar-refractivity contribution >= 4 is 40.4 Å². The van der Waals surface area contributed by atoms with Crippen molar-refractivity contribution in [2.75, 3.05) is 14.2 Å². The van der Waals surface area contributed by atoms with Crippen LogP contribution >= 0.6 is 18.8 Å². The van der Waals surface area contributed by atoms with Crippen LogP contribution < -0.4 is 9.47 Å². The van der Waals surface area contributed by atoms with Crippen LogP contribution in [0, 0.1) is 12.3 Å². The third-order valence-corrected chi connectivity index (χ3v) is 5.44. The van der Waals surface area contributed by atoms with Crippen molar-refractivity contribution in [3.8, 4) is 35.0 Å². The summed E-state index contributed by atoms with van der Waals surface area (Å²) in [4.78, 5) is 0. The molecule has 0 atom stereocenters. The van der Waals surface area contributed by atoms with Gasteiger partial charge in [0.15, 0.2) is 0 Å². The van der Waals surface area contributed by atoms with Crippen LogP contribution in [0.2, 0.25) is 0 Å². The molecule has 0 radical (unpaired) electrons. The number of methoxy groups -OCH3 is 2. The Kier molecular flexibility index (Phi) is 10.5. The number of terminal acetylenes is 1. The first-order valence-corrected chi connectivity index (χ1v) is 16.3. The SMILES string of the molecule is C#Cc1ccccc1-c1ccc(OC)cc1.COc1ccc2c(ccc3ccccc32)c1.[Cl][Pt][Cl]. The van der Waals surface area contributed by atoms with Crippen molar-refractivity contribution in [2.24, 2.45) is 0 Å². The van der Waals surface area contributed by atoms with Crippen LogP contribution in [0.15, 0.2) is 103 Å². The van der Waals surface area contributed by atoms with Gasteiger partial charge in [0.05, 0.1) is 14.2 Å². The topological polar surface area (TPSA) is 18.5 Å². The van der Waals surface area contributed by atoms with E-state index in [4.69, 9.17) is 34.7 Å². The summed E-state index contributed by atoms with van der Waals surface area (Å²) in [7, 11) is 13.1. The minimum absolute atomic E-state index is 0.472. The van der Waals surface area contributed by atoms with Crippen LogP contribution in [0.4, 0.5) is 0 Å². The Hall–Kier alpha value is -2.95. The standard InChI is InChI=1S/2C15H12O.2ClH.Pt/c1-16-13-8-9-15-12(10-13)7-6-11-4-2-3-5-14(11)15;1-3-12-6-4-5-7-15(12)13-8-10-14(16-2)11-9-13;;;/h2-10H,1H3;1,4-11H,2H3;2*1H;/q;;;;+2/p-2. The molecule has 0 N–H and O–H groups in total. The number of hydrogen-bond donors (Lipinski definition) is 0. The summed E-state index contributed by atoms with van der Waals surface area (Å²) in [5.41, 5.74) is 3.09. The quantitative estimate of drug-likeness (QED) is 0.140. The summed E-state index contributed by atoms with van der Waals surface area (Å²) in [6, 6.07) is 34.7. The van der Waals surface area contributed by atoms with E-state index in [1.807, 2.05) is 54.6 Å². The molecule has 0 saturated carbocycles. The molecule has 0 amide bonds. The van der Waals surface area contributed by atoms with E-state index in [2.05, 4.69) is 54.5 Å². The zero-order chi connectivity index (χ0) is 25.0. The molecule has 0 heterocycles. The molecule has 0 aliphatic rings. The van der Waals surface area contributed by atoms with Crippen LogP contribution in [-0.2, 0) is 16.5 Å². The third-order valence-electron chi connectivity index (χ3n) is 5.44. The fraction of sp³-hybridized carbons (Fsp3) is 0.0667. The van der Waals surface area contributed by atoms with Gasteiger partial charge < -0.3 is 9.47 Å². The van der Waals surface area contributed by atoms with Gasteiger partial charge in [-0.2, -0.15) is 0 Å². The molecule has 5 aromatic rings. The second kappa shape index (κ2) is 13.8. The van der Waals surface area contributed by atoms with Crippen LogP contribution in [-0.4, -0.2) is 14.2 Å². The second-order valence-corrected chi connectivity index (χ2v) is 10.6. The summed E-state index contributed by atoms with van der Waals surface area (Å²) in [5, 5.41) is 5.07. The van der Waals surface area contributed by atoms with Crippen LogP contribution in [0.5, 0.6) is 11.5 Å². The van der Waals surface area contributed by atoms with Crippen molar-refractivity contribution in [2.45, 2.75) is 0 Å². The first kappa shape index (κ1) is 26.6. The fourth-order valence-corrected chi connectivity index (χ4v) is 3.75. The van der Waals surface area contributed by atoms with E-state index in [0.717, 1.165) is 28.2 Å². The zero-order valence-electron chi connectivity index (χ0n) is 19.3. The van der Waals surface area contributed by atoms with Gasteiger partial charge in [-0.05, 0) is 63.0 Å². The number of ether oxygens (including phenoxy) is 2. The summed E-state index contributed by atoms with van der Waals surface area (Å²) < 4.78 is 10.4. The summed E-state index contributed by atoms with van der Waals surface area (Å²) >= 11 is -0.472. The van der Waals surface area contributed by atoms with E-state index >= 15 is 0 Å². The molecular weight excluding hydrogens is 658 g/mol. The fourth-order valence-electron chi connectivity index (χ4n) is 3.75. The van der Waals surface area contributed by atoms with Gasteiger partial charge in [0.2, 0.25) is 0 Å². The van der Waals surface area contributed by atoms with E-state index in [0.29, 0.717) is 0 Å². The van der Waals surface area contributed by atoms with Gasteiger partial charge in [-0.3, -0.25) is 0 Å².